The van der Waals surface area contributed by atoms with E-state index in [9.17, 15) is 27.2 Å². The molecular formula is C30H25F4N3O4. The van der Waals surface area contributed by atoms with Crippen molar-refractivity contribution in [2.45, 2.75) is 38.1 Å². The number of pyridine rings is 1. The highest BCUT2D eigenvalue weighted by Crippen LogP contribution is 2.32. The number of alkyl halides is 3. The number of rotatable bonds is 9. The van der Waals surface area contributed by atoms with E-state index < -0.39 is 29.9 Å². The van der Waals surface area contributed by atoms with Crippen molar-refractivity contribution in [1.82, 2.24) is 15.0 Å². The number of hydrogen-bond acceptors (Lipinski definition) is 5. The first-order valence-electron chi connectivity index (χ1n) is 12.9. The van der Waals surface area contributed by atoms with Crippen molar-refractivity contribution in [2.75, 3.05) is 6.61 Å². The number of hydrogen-bond donors (Lipinski definition) is 1. The number of carbonyl (C=O) groups is 2. The molecule has 11 heteroatoms. The van der Waals surface area contributed by atoms with Gasteiger partial charge in [0, 0.05) is 36.4 Å². The van der Waals surface area contributed by atoms with Gasteiger partial charge in [0.1, 0.15) is 5.82 Å². The minimum atomic E-state index is -5.27. The van der Waals surface area contributed by atoms with Crippen LogP contribution in [0.5, 0.6) is 0 Å². The summed E-state index contributed by atoms with van der Waals surface area (Å²) >= 11 is 0. The summed E-state index contributed by atoms with van der Waals surface area (Å²) in [4.78, 5) is 33.9. The molecule has 0 saturated carbocycles. The SMILES string of the molecule is O=C1NC(CCCOCc2ccccc2)Cc2c1cc(-c1ccnc(-c3ccccc3F)c1)n2OC(=O)C(F)(F)F. The third-order valence-corrected chi connectivity index (χ3v) is 6.64. The molecule has 3 heterocycles. The Balaban J connectivity index is 1.39. The summed E-state index contributed by atoms with van der Waals surface area (Å²) in [6.45, 7) is 0.849. The monoisotopic (exact) mass is 567 g/mol. The van der Waals surface area contributed by atoms with Crippen LogP contribution in [-0.2, 0) is 22.6 Å². The lowest BCUT2D eigenvalue weighted by Gasteiger charge is -2.25. The number of nitrogens with zero attached hydrogens (tertiary/aromatic N) is 2. The molecule has 7 nitrogen and oxygen atoms in total. The van der Waals surface area contributed by atoms with E-state index in [1.807, 2.05) is 30.3 Å². The van der Waals surface area contributed by atoms with Crippen LogP contribution in [0.25, 0.3) is 22.5 Å². The van der Waals surface area contributed by atoms with Crippen molar-refractivity contribution >= 4 is 11.9 Å². The zero-order chi connectivity index (χ0) is 29.0. The third-order valence-electron chi connectivity index (χ3n) is 6.64. The lowest BCUT2D eigenvalue weighted by molar-refractivity contribution is -0.200. The van der Waals surface area contributed by atoms with E-state index in [1.54, 1.807) is 6.07 Å². The Labute approximate surface area is 232 Å². The van der Waals surface area contributed by atoms with E-state index in [-0.39, 0.29) is 40.2 Å². The topological polar surface area (TPSA) is 82.4 Å². The average Bonchev–Trinajstić information content (AvgIpc) is 3.32. The number of amides is 1. The number of benzene rings is 2. The molecule has 0 fully saturated rings. The van der Waals surface area contributed by atoms with Crippen LogP contribution in [0, 0.1) is 5.82 Å². The summed E-state index contributed by atoms with van der Waals surface area (Å²) in [5, 5.41) is 2.87. The van der Waals surface area contributed by atoms with E-state index in [2.05, 4.69) is 10.3 Å². The van der Waals surface area contributed by atoms with Crippen LogP contribution in [0.1, 0.15) is 34.5 Å². The van der Waals surface area contributed by atoms with Gasteiger partial charge in [0.15, 0.2) is 0 Å². The molecule has 41 heavy (non-hydrogen) atoms. The molecule has 212 valence electrons. The van der Waals surface area contributed by atoms with Crippen molar-refractivity contribution in [2.24, 2.45) is 0 Å². The van der Waals surface area contributed by atoms with Gasteiger partial charge < -0.3 is 14.9 Å². The molecule has 1 amide bonds. The van der Waals surface area contributed by atoms with Crippen LogP contribution < -0.4 is 10.2 Å². The smallest absolute Gasteiger partial charge is 0.377 e. The Morgan fingerprint density at radius 3 is 2.54 bits per heavy atom. The predicted molar refractivity (Wildman–Crippen MR) is 141 cm³/mol. The summed E-state index contributed by atoms with van der Waals surface area (Å²) in [6.07, 6.45) is -2.72. The molecule has 1 aliphatic rings. The van der Waals surface area contributed by atoms with Gasteiger partial charge in [-0.25, -0.2) is 9.18 Å². The van der Waals surface area contributed by atoms with Crippen LogP contribution in [0.3, 0.4) is 0 Å². The minimum Gasteiger partial charge on any atom is -0.377 e. The highest BCUT2D eigenvalue weighted by molar-refractivity contribution is 5.98. The number of aromatic nitrogens is 2. The first kappa shape index (κ1) is 28.0. The van der Waals surface area contributed by atoms with E-state index in [1.165, 1.54) is 42.6 Å². The summed E-state index contributed by atoms with van der Waals surface area (Å²) < 4.78 is 60.5. The zero-order valence-electron chi connectivity index (χ0n) is 21.7. The molecule has 2 aromatic carbocycles. The number of carbonyl (C=O) groups excluding carboxylic acids is 2. The molecule has 4 aromatic rings. The highest BCUT2D eigenvalue weighted by Gasteiger charge is 2.43. The van der Waals surface area contributed by atoms with Gasteiger partial charge in [0.2, 0.25) is 0 Å². The Morgan fingerprint density at radius 2 is 1.78 bits per heavy atom. The third kappa shape index (κ3) is 6.46. The Morgan fingerprint density at radius 1 is 1.02 bits per heavy atom. The largest absolute Gasteiger partial charge is 0.493 e. The van der Waals surface area contributed by atoms with Crippen LogP contribution in [0.4, 0.5) is 17.6 Å². The van der Waals surface area contributed by atoms with Gasteiger partial charge in [-0.05, 0) is 48.7 Å². The van der Waals surface area contributed by atoms with Gasteiger partial charge in [-0.2, -0.15) is 17.9 Å². The number of halogens is 4. The lowest BCUT2D eigenvalue weighted by atomic mass is 9.98. The second-order valence-corrected chi connectivity index (χ2v) is 9.53. The van der Waals surface area contributed by atoms with Gasteiger partial charge in [0.25, 0.3) is 5.91 Å². The van der Waals surface area contributed by atoms with E-state index >= 15 is 0 Å². The summed E-state index contributed by atoms with van der Waals surface area (Å²) in [5.74, 6) is -3.48. The van der Waals surface area contributed by atoms with Crippen molar-refractivity contribution < 1.29 is 36.7 Å². The van der Waals surface area contributed by atoms with Crippen LogP contribution in [-0.4, -0.2) is 40.4 Å². The average molecular weight is 568 g/mol. The normalized spacial score (nSPS) is 14.8. The molecule has 1 N–H and O–H groups in total. The molecule has 1 unspecified atom stereocenters. The van der Waals surface area contributed by atoms with Gasteiger partial charge in [-0.3, -0.25) is 9.78 Å². The van der Waals surface area contributed by atoms with Gasteiger partial charge in [-0.15, -0.1) is 0 Å². The minimum absolute atomic E-state index is 0.0228. The van der Waals surface area contributed by atoms with E-state index in [0.29, 0.717) is 26.1 Å². The molecule has 1 atom stereocenters. The van der Waals surface area contributed by atoms with Gasteiger partial charge in [0.05, 0.1) is 29.3 Å². The maximum Gasteiger partial charge on any atom is 0.493 e. The second kappa shape index (κ2) is 11.9. The summed E-state index contributed by atoms with van der Waals surface area (Å²) in [5.41, 5.74) is 1.92. The first-order valence-corrected chi connectivity index (χ1v) is 12.9. The number of ether oxygens (including phenoxy) is 1. The number of nitrogens with one attached hydrogen (secondary N) is 1. The fourth-order valence-corrected chi connectivity index (χ4v) is 4.69. The Bertz CT molecular complexity index is 1550. The fraction of sp³-hybridized carbons (Fsp3) is 0.233. The summed E-state index contributed by atoms with van der Waals surface area (Å²) in [7, 11) is 0. The molecule has 1 aliphatic heterocycles. The van der Waals surface area contributed by atoms with Crippen molar-refractivity contribution in [3.05, 3.63) is 102 Å². The molecule has 0 spiro atoms. The van der Waals surface area contributed by atoms with Gasteiger partial charge in [-0.1, -0.05) is 42.5 Å². The fourth-order valence-electron chi connectivity index (χ4n) is 4.69. The van der Waals surface area contributed by atoms with Crippen LogP contribution in [0.2, 0.25) is 0 Å². The molecule has 0 bridgehead atoms. The first-order chi connectivity index (χ1) is 19.7. The van der Waals surface area contributed by atoms with Crippen molar-refractivity contribution in [3.8, 4) is 22.5 Å². The highest BCUT2D eigenvalue weighted by atomic mass is 19.4. The van der Waals surface area contributed by atoms with Crippen LogP contribution in [0.15, 0.2) is 79.0 Å². The quantitative estimate of drug-likeness (QED) is 0.213. The number of fused-ring (bicyclic) bond motifs is 1. The predicted octanol–water partition coefficient (Wildman–Crippen LogP) is 5.53. The molecular weight excluding hydrogens is 542 g/mol. The van der Waals surface area contributed by atoms with E-state index in [4.69, 9.17) is 9.57 Å². The maximum atomic E-state index is 14.4. The van der Waals surface area contributed by atoms with Gasteiger partial charge >= 0.3 is 12.1 Å². The molecule has 2 aromatic heterocycles. The van der Waals surface area contributed by atoms with Crippen molar-refractivity contribution in [1.29, 1.82) is 0 Å². The molecule has 0 aliphatic carbocycles. The summed E-state index contributed by atoms with van der Waals surface area (Å²) in [6, 6.07) is 19.4. The van der Waals surface area contributed by atoms with Crippen LogP contribution >= 0.6 is 0 Å². The zero-order valence-corrected chi connectivity index (χ0v) is 21.7. The lowest BCUT2D eigenvalue weighted by Crippen LogP contribution is -2.43. The van der Waals surface area contributed by atoms with Crippen molar-refractivity contribution in [3.63, 3.8) is 0 Å². The molecule has 0 radical (unpaired) electrons. The molecule has 0 saturated heterocycles. The maximum absolute atomic E-state index is 14.4. The Kier molecular flexibility index (Phi) is 8.16. The van der Waals surface area contributed by atoms with E-state index in [0.717, 1.165) is 10.3 Å². The molecule has 5 rings (SSSR count). The standard InChI is InChI=1S/C30H25F4N3O4/c31-24-11-5-4-10-22(24)25-15-20(12-13-35-25)26-17-23-27(37(26)41-29(39)30(32,33)34)16-21(36-28(23)38)9-6-14-40-18-19-7-2-1-3-8-19/h1-5,7-8,10-13,15,17,21H,6,9,14,16,18H2,(H,36,38). The Hall–Kier alpha value is -4.51. The second-order valence-electron chi connectivity index (χ2n) is 9.53.